The average molecular weight is 480 g/mol. The predicted octanol–water partition coefficient (Wildman–Crippen LogP) is 3.26. The molecule has 2 fully saturated rings. The zero-order valence-corrected chi connectivity index (χ0v) is 19.8. The van der Waals surface area contributed by atoms with Gasteiger partial charge in [0.25, 0.3) is 0 Å². The summed E-state index contributed by atoms with van der Waals surface area (Å²) in [6.45, 7) is 2.94. The Morgan fingerprint density at radius 1 is 0.909 bits per heavy atom. The monoisotopic (exact) mass is 479 g/mol. The Hall–Kier alpha value is -2.32. The van der Waals surface area contributed by atoms with E-state index in [-0.39, 0.29) is 37.4 Å². The SMILES string of the molecule is Cl.O=C(O)CCC1CCC(N2CCN(c3ccc4c(c3)CCN(CC(=O)O)CC4)C2=O)CC1. The molecule has 0 atom stereocenters. The zero-order valence-electron chi connectivity index (χ0n) is 18.9. The first kappa shape index (κ1) is 25.3. The van der Waals surface area contributed by atoms with Gasteiger partial charge in [-0.25, -0.2) is 4.79 Å². The molecule has 0 bridgehead atoms. The highest BCUT2D eigenvalue weighted by Crippen LogP contribution is 2.33. The third kappa shape index (κ3) is 6.18. The van der Waals surface area contributed by atoms with Crippen molar-refractivity contribution in [3.8, 4) is 0 Å². The summed E-state index contributed by atoms with van der Waals surface area (Å²) >= 11 is 0. The Bertz CT molecular complexity index is 872. The van der Waals surface area contributed by atoms with Crippen molar-refractivity contribution in [2.24, 2.45) is 5.92 Å². The maximum absolute atomic E-state index is 13.2. The number of aliphatic carboxylic acids is 2. The number of benzene rings is 1. The van der Waals surface area contributed by atoms with Gasteiger partial charge in [0.1, 0.15) is 0 Å². The van der Waals surface area contributed by atoms with Crippen molar-refractivity contribution in [2.45, 2.75) is 57.4 Å². The number of fused-ring (bicyclic) bond motifs is 1. The standard InChI is InChI=1S/C24H33N3O5.ClH/c28-22(29)8-3-17-1-5-20(6-2-17)26-13-14-27(24(26)32)21-7-4-18-9-11-25(16-23(30)31)12-10-19(18)15-21;/h4,7,15,17,20H,1-3,5-6,8-14,16H2,(H,28,29)(H,30,31);1H. The fourth-order valence-corrected chi connectivity index (χ4v) is 5.48. The molecule has 1 aliphatic carbocycles. The van der Waals surface area contributed by atoms with E-state index in [4.69, 9.17) is 10.2 Å². The largest absolute Gasteiger partial charge is 0.481 e. The summed E-state index contributed by atoms with van der Waals surface area (Å²) in [5.41, 5.74) is 3.38. The minimum atomic E-state index is -0.796. The second-order valence-electron chi connectivity index (χ2n) is 9.36. The Morgan fingerprint density at radius 3 is 2.27 bits per heavy atom. The summed E-state index contributed by atoms with van der Waals surface area (Å²) in [5, 5.41) is 18.0. The van der Waals surface area contributed by atoms with Crippen molar-refractivity contribution in [3.63, 3.8) is 0 Å². The highest BCUT2D eigenvalue weighted by Gasteiger charge is 2.36. The van der Waals surface area contributed by atoms with Crippen molar-refractivity contribution >= 4 is 36.1 Å². The number of carboxylic acid groups (broad SMARTS) is 2. The van der Waals surface area contributed by atoms with Crippen LogP contribution in [0.15, 0.2) is 18.2 Å². The van der Waals surface area contributed by atoms with Gasteiger partial charge in [-0.15, -0.1) is 12.4 Å². The first-order chi connectivity index (χ1) is 15.4. The molecule has 1 saturated carbocycles. The second-order valence-corrected chi connectivity index (χ2v) is 9.36. The molecule has 2 aliphatic heterocycles. The number of hydrogen-bond acceptors (Lipinski definition) is 4. The van der Waals surface area contributed by atoms with Gasteiger partial charge in [-0.05, 0) is 74.1 Å². The molecule has 0 spiro atoms. The van der Waals surface area contributed by atoms with Crippen LogP contribution >= 0.6 is 12.4 Å². The summed E-state index contributed by atoms with van der Waals surface area (Å²) in [7, 11) is 0. The van der Waals surface area contributed by atoms with Crippen LogP contribution < -0.4 is 4.90 Å². The topological polar surface area (TPSA) is 101 Å². The van der Waals surface area contributed by atoms with Crippen molar-refractivity contribution < 1.29 is 24.6 Å². The summed E-state index contributed by atoms with van der Waals surface area (Å²) in [5.74, 6) is -1.07. The number of carbonyl (C=O) groups excluding carboxylic acids is 1. The highest BCUT2D eigenvalue weighted by atomic mass is 35.5. The third-order valence-corrected chi connectivity index (χ3v) is 7.32. The Kier molecular flexibility index (Phi) is 8.59. The van der Waals surface area contributed by atoms with Gasteiger partial charge in [0, 0.05) is 44.3 Å². The molecular formula is C24H34ClN3O5. The first-order valence-corrected chi connectivity index (χ1v) is 11.8. The fraction of sp³-hybridized carbons (Fsp3) is 0.625. The Balaban J connectivity index is 0.00000306. The summed E-state index contributed by atoms with van der Waals surface area (Å²) in [6.07, 6.45) is 6.48. The molecule has 0 radical (unpaired) electrons. The van der Waals surface area contributed by atoms with Crippen molar-refractivity contribution in [2.75, 3.05) is 37.6 Å². The summed E-state index contributed by atoms with van der Waals surface area (Å²) in [4.78, 5) is 40.9. The van der Waals surface area contributed by atoms with Gasteiger partial charge >= 0.3 is 18.0 Å². The van der Waals surface area contributed by atoms with E-state index in [2.05, 4.69) is 12.1 Å². The lowest BCUT2D eigenvalue weighted by atomic mass is 9.83. The van der Waals surface area contributed by atoms with Crippen LogP contribution in [0.5, 0.6) is 0 Å². The van der Waals surface area contributed by atoms with E-state index in [0.29, 0.717) is 19.0 Å². The molecule has 2 heterocycles. The van der Waals surface area contributed by atoms with Crippen LogP contribution in [0.25, 0.3) is 0 Å². The zero-order chi connectivity index (χ0) is 22.7. The van der Waals surface area contributed by atoms with E-state index >= 15 is 0 Å². The Labute approximate surface area is 200 Å². The molecule has 33 heavy (non-hydrogen) atoms. The minimum absolute atomic E-state index is 0. The van der Waals surface area contributed by atoms with Gasteiger partial charge in [-0.1, -0.05) is 6.07 Å². The van der Waals surface area contributed by atoms with Crippen molar-refractivity contribution in [3.05, 3.63) is 29.3 Å². The fourth-order valence-electron chi connectivity index (χ4n) is 5.48. The molecule has 1 saturated heterocycles. The van der Waals surface area contributed by atoms with E-state index in [1.54, 1.807) is 0 Å². The molecule has 2 amide bonds. The molecule has 1 aromatic carbocycles. The van der Waals surface area contributed by atoms with Crippen LogP contribution in [0.4, 0.5) is 10.5 Å². The quantitative estimate of drug-likeness (QED) is 0.622. The first-order valence-electron chi connectivity index (χ1n) is 11.8. The van der Waals surface area contributed by atoms with E-state index in [9.17, 15) is 14.4 Å². The number of amides is 2. The van der Waals surface area contributed by atoms with Gasteiger partial charge in [0.15, 0.2) is 0 Å². The molecule has 1 aromatic rings. The van der Waals surface area contributed by atoms with Gasteiger partial charge < -0.3 is 15.1 Å². The minimum Gasteiger partial charge on any atom is -0.481 e. The maximum Gasteiger partial charge on any atom is 0.324 e. The third-order valence-electron chi connectivity index (χ3n) is 7.32. The number of carbonyl (C=O) groups is 3. The predicted molar refractivity (Wildman–Crippen MR) is 127 cm³/mol. The molecular weight excluding hydrogens is 446 g/mol. The molecule has 0 aromatic heterocycles. The molecule has 4 rings (SSSR count). The van der Waals surface area contributed by atoms with E-state index < -0.39 is 11.9 Å². The van der Waals surface area contributed by atoms with E-state index in [1.165, 1.54) is 11.1 Å². The molecule has 0 unspecified atom stereocenters. The van der Waals surface area contributed by atoms with Gasteiger partial charge in [-0.3, -0.25) is 19.4 Å². The van der Waals surface area contributed by atoms with Crippen molar-refractivity contribution in [1.82, 2.24) is 9.80 Å². The number of nitrogens with zero attached hydrogens (tertiary/aromatic N) is 3. The van der Waals surface area contributed by atoms with Crippen molar-refractivity contribution in [1.29, 1.82) is 0 Å². The van der Waals surface area contributed by atoms with Crippen LogP contribution in [0.3, 0.4) is 0 Å². The number of urea groups is 1. The number of hydrogen-bond donors (Lipinski definition) is 2. The smallest absolute Gasteiger partial charge is 0.324 e. The van der Waals surface area contributed by atoms with Gasteiger partial charge in [0.05, 0.1) is 6.54 Å². The normalized spacial score (nSPS) is 23.6. The second kappa shape index (κ2) is 11.2. The summed E-state index contributed by atoms with van der Waals surface area (Å²) in [6, 6.07) is 6.55. The maximum atomic E-state index is 13.2. The van der Waals surface area contributed by atoms with Crippen LogP contribution in [-0.2, 0) is 22.4 Å². The molecule has 2 N–H and O–H groups in total. The number of anilines is 1. The Morgan fingerprint density at radius 2 is 1.61 bits per heavy atom. The lowest BCUT2D eigenvalue weighted by Crippen LogP contribution is -2.41. The number of halogens is 1. The van der Waals surface area contributed by atoms with Crippen LogP contribution in [0, 0.1) is 5.92 Å². The molecule has 182 valence electrons. The summed E-state index contributed by atoms with van der Waals surface area (Å²) < 4.78 is 0. The molecule has 3 aliphatic rings. The average Bonchev–Trinajstić information content (AvgIpc) is 3.04. The van der Waals surface area contributed by atoms with Crippen LogP contribution in [-0.4, -0.2) is 76.7 Å². The highest BCUT2D eigenvalue weighted by molar-refractivity contribution is 5.94. The van der Waals surface area contributed by atoms with Crippen LogP contribution in [0.2, 0.25) is 0 Å². The van der Waals surface area contributed by atoms with E-state index in [1.807, 2.05) is 20.8 Å². The van der Waals surface area contributed by atoms with Crippen LogP contribution in [0.1, 0.15) is 49.7 Å². The van der Waals surface area contributed by atoms with Gasteiger partial charge in [0.2, 0.25) is 0 Å². The lowest BCUT2D eigenvalue weighted by Gasteiger charge is -2.34. The van der Waals surface area contributed by atoms with E-state index in [0.717, 1.165) is 63.7 Å². The van der Waals surface area contributed by atoms with Gasteiger partial charge in [-0.2, -0.15) is 0 Å². The number of rotatable bonds is 7. The molecule has 9 heteroatoms. The number of carboxylic acids is 2. The molecule has 8 nitrogen and oxygen atoms in total. The lowest BCUT2D eigenvalue weighted by molar-refractivity contribution is -0.138.